The highest BCUT2D eigenvalue weighted by Gasteiger charge is 2.40. The number of carbonyl (C=O) groups excluding carboxylic acids is 1. The molecule has 0 aliphatic rings. The topological polar surface area (TPSA) is 29.5 Å². The summed E-state index contributed by atoms with van der Waals surface area (Å²) >= 11 is 0. The fourth-order valence-corrected chi connectivity index (χ4v) is 1.24. The second-order valence-electron chi connectivity index (χ2n) is 3.02. The fraction of sp³-hybridized carbons (Fsp3) is 0.300. The number of carbonyl (C=O) groups is 1. The Balaban J connectivity index is 3.07. The predicted molar refractivity (Wildman–Crippen MR) is 52.2 cm³/mol. The molecular weight excluding hydrogens is 223 g/mol. The molecule has 0 aromatic heterocycles. The number of hydrogen-bond acceptors (Lipinski definition) is 2. The number of halogens is 3. The van der Waals surface area contributed by atoms with Gasteiger partial charge in [0.1, 0.15) is 5.75 Å². The Hall–Kier alpha value is -1.72. The van der Waals surface area contributed by atoms with Gasteiger partial charge in [-0.1, -0.05) is 0 Å². The molecule has 0 saturated heterocycles. The maximum absolute atomic E-state index is 12.5. The van der Waals surface area contributed by atoms with E-state index in [0.29, 0.717) is 5.75 Å². The van der Waals surface area contributed by atoms with Crippen LogP contribution in [0.15, 0.2) is 24.3 Å². The minimum Gasteiger partial charge on any atom is -0.497 e. The highest BCUT2D eigenvalue weighted by molar-refractivity contribution is 5.92. The normalized spacial score (nSPS) is 11.1. The largest absolute Gasteiger partial charge is 0.497 e. The molecule has 16 heavy (non-hydrogen) atoms. The van der Waals surface area contributed by atoms with E-state index in [0.717, 1.165) is 6.92 Å². The molecular formula is C10H10F3NO2. The summed E-state index contributed by atoms with van der Waals surface area (Å²) < 4.78 is 42.3. The Morgan fingerprint density at radius 1 is 1.25 bits per heavy atom. The van der Waals surface area contributed by atoms with Crippen LogP contribution in [0.1, 0.15) is 6.92 Å². The smallest absolute Gasteiger partial charge is 0.491 e. The van der Waals surface area contributed by atoms with Gasteiger partial charge in [-0.25, -0.2) is 4.90 Å². The number of ether oxygens (including phenoxy) is 1. The maximum Gasteiger partial charge on any atom is 0.491 e. The molecule has 0 fully saturated rings. The monoisotopic (exact) mass is 233 g/mol. The highest BCUT2D eigenvalue weighted by Crippen LogP contribution is 2.29. The molecule has 1 rings (SSSR count). The molecule has 1 aromatic carbocycles. The zero-order valence-corrected chi connectivity index (χ0v) is 8.71. The Bertz CT molecular complexity index is 373. The third-order valence-electron chi connectivity index (χ3n) is 1.90. The van der Waals surface area contributed by atoms with Crippen molar-refractivity contribution in [2.75, 3.05) is 12.0 Å². The molecule has 1 aromatic rings. The first-order chi connectivity index (χ1) is 7.36. The van der Waals surface area contributed by atoms with E-state index in [-0.39, 0.29) is 10.6 Å². The van der Waals surface area contributed by atoms with Gasteiger partial charge in [0, 0.05) is 6.92 Å². The second-order valence-corrected chi connectivity index (χ2v) is 3.02. The van der Waals surface area contributed by atoms with Crippen molar-refractivity contribution in [3.05, 3.63) is 24.3 Å². The van der Waals surface area contributed by atoms with Gasteiger partial charge in [-0.05, 0) is 24.3 Å². The third-order valence-corrected chi connectivity index (χ3v) is 1.90. The van der Waals surface area contributed by atoms with Crippen molar-refractivity contribution in [2.45, 2.75) is 13.2 Å². The van der Waals surface area contributed by atoms with Crippen molar-refractivity contribution in [3.8, 4) is 5.75 Å². The van der Waals surface area contributed by atoms with Crippen LogP contribution in [0.2, 0.25) is 0 Å². The Morgan fingerprint density at radius 3 is 2.06 bits per heavy atom. The number of hydrogen-bond donors (Lipinski definition) is 0. The quantitative estimate of drug-likeness (QED) is 0.735. The molecule has 0 bridgehead atoms. The van der Waals surface area contributed by atoms with Crippen molar-refractivity contribution in [2.24, 2.45) is 0 Å². The summed E-state index contributed by atoms with van der Waals surface area (Å²) in [6.07, 6.45) is -4.72. The predicted octanol–water partition coefficient (Wildman–Crippen LogP) is 2.57. The third kappa shape index (κ3) is 2.65. The van der Waals surface area contributed by atoms with Gasteiger partial charge in [-0.3, -0.25) is 4.79 Å². The first-order valence-corrected chi connectivity index (χ1v) is 4.38. The first-order valence-electron chi connectivity index (χ1n) is 4.38. The summed E-state index contributed by atoms with van der Waals surface area (Å²) in [6.45, 7) is 0.859. The van der Waals surface area contributed by atoms with Crippen LogP contribution in [0.4, 0.5) is 18.9 Å². The van der Waals surface area contributed by atoms with Crippen molar-refractivity contribution >= 4 is 11.6 Å². The van der Waals surface area contributed by atoms with Crippen LogP contribution in [0.25, 0.3) is 0 Å². The second kappa shape index (κ2) is 4.42. The van der Waals surface area contributed by atoms with Gasteiger partial charge >= 0.3 is 6.30 Å². The van der Waals surface area contributed by atoms with E-state index in [1.165, 1.54) is 31.4 Å². The van der Waals surface area contributed by atoms with E-state index in [9.17, 15) is 18.0 Å². The highest BCUT2D eigenvalue weighted by atomic mass is 19.4. The van der Waals surface area contributed by atoms with Crippen molar-refractivity contribution in [3.63, 3.8) is 0 Å². The van der Waals surface area contributed by atoms with Gasteiger partial charge in [0.2, 0.25) is 5.91 Å². The Kier molecular flexibility index (Phi) is 3.41. The van der Waals surface area contributed by atoms with Gasteiger partial charge < -0.3 is 4.74 Å². The molecule has 3 nitrogen and oxygen atoms in total. The van der Waals surface area contributed by atoms with Crippen molar-refractivity contribution in [1.82, 2.24) is 0 Å². The van der Waals surface area contributed by atoms with Gasteiger partial charge in [0.25, 0.3) is 0 Å². The standard InChI is InChI=1S/C10H10F3NO2/c1-7(15)14(10(11,12)13)8-3-5-9(16-2)6-4-8/h3-6H,1-2H3. The van der Waals surface area contributed by atoms with Gasteiger partial charge in [0.15, 0.2) is 0 Å². The van der Waals surface area contributed by atoms with Crippen molar-refractivity contribution < 1.29 is 22.7 Å². The average molecular weight is 233 g/mol. The molecule has 0 saturated carbocycles. The SMILES string of the molecule is COc1ccc(N(C(C)=O)C(F)(F)F)cc1. The number of amides is 1. The van der Waals surface area contributed by atoms with Gasteiger partial charge in [0.05, 0.1) is 12.8 Å². The van der Waals surface area contributed by atoms with Gasteiger partial charge in [-0.15, -0.1) is 13.2 Å². The van der Waals surface area contributed by atoms with E-state index < -0.39 is 12.2 Å². The van der Waals surface area contributed by atoms with Gasteiger partial charge in [-0.2, -0.15) is 0 Å². The number of alkyl halides is 3. The molecule has 0 aliphatic carbocycles. The Morgan fingerprint density at radius 2 is 1.75 bits per heavy atom. The van der Waals surface area contributed by atoms with Crippen LogP contribution in [-0.4, -0.2) is 19.3 Å². The number of rotatable bonds is 2. The summed E-state index contributed by atoms with van der Waals surface area (Å²) in [4.78, 5) is 10.7. The summed E-state index contributed by atoms with van der Waals surface area (Å²) in [5.41, 5.74) is -0.235. The molecule has 0 aliphatic heterocycles. The maximum atomic E-state index is 12.5. The van der Waals surface area contributed by atoms with Crippen molar-refractivity contribution in [1.29, 1.82) is 0 Å². The zero-order chi connectivity index (χ0) is 12.3. The van der Waals surface area contributed by atoms with Crippen LogP contribution < -0.4 is 9.64 Å². The summed E-state index contributed by atoms with van der Waals surface area (Å²) in [6, 6.07) is 5.06. The van der Waals surface area contributed by atoms with E-state index in [1.54, 1.807) is 0 Å². The summed E-state index contributed by atoms with van der Waals surface area (Å²) in [5, 5.41) is 0. The fourth-order valence-electron chi connectivity index (χ4n) is 1.24. The lowest BCUT2D eigenvalue weighted by atomic mass is 10.3. The number of anilines is 1. The molecule has 0 heterocycles. The number of nitrogens with zero attached hydrogens (tertiary/aromatic N) is 1. The summed E-state index contributed by atoms with van der Waals surface area (Å²) in [5.74, 6) is -0.660. The molecule has 6 heteroatoms. The van der Waals surface area contributed by atoms with E-state index in [2.05, 4.69) is 0 Å². The van der Waals surface area contributed by atoms with Crippen LogP contribution in [0.3, 0.4) is 0 Å². The molecule has 0 spiro atoms. The first kappa shape index (κ1) is 12.4. The number of benzene rings is 1. The average Bonchev–Trinajstić information content (AvgIpc) is 2.16. The molecule has 1 amide bonds. The molecule has 0 atom stereocenters. The molecule has 0 radical (unpaired) electrons. The van der Waals surface area contributed by atoms with Crippen LogP contribution in [0.5, 0.6) is 5.75 Å². The van der Waals surface area contributed by atoms with Crippen LogP contribution >= 0.6 is 0 Å². The van der Waals surface area contributed by atoms with E-state index in [4.69, 9.17) is 4.74 Å². The lowest BCUT2D eigenvalue weighted by Crippen LogP contribution is -2.41. The zero-order valence-electron chi connectivity index (χ0n) is 8.71. The number of methoxy groups -OCH3 is 1. The lowest BCUT2D eigenvalue weighted by Gasteiger charge is -2.23. The summed E-state index contributed by atoms with van der Waals surface area (Å²) in [7, 11) is 1.40. The Labute approximate surface area is 90.4 Å². The minimum absolute atomic E-state index is 0.230. The van der Waals surface area contributed by atoms with Crippen LogP contribution in [0, 0.1) is 0 Å². The molecule has 88 valence electrons. The minimum atomic E-state index is -4.72. The molecule has 0 N–H and O–H groups in total. The van der Waals surface area contributed by atoms with Crippen LogP contribution in [-0.2, 0) is 4.79 Å². The van der Waals surface area contributed by atoms with E-state index in [1.807, 2.05) is 0 Å². The van der Waals surface area contributed by atoms with E-state index >= 15 is 0 Å². The lowest BCUT2D eigenvalue weighted by molar-refractivity contribution is -0.148. The molecule has 0 unspecified atom stereocenters.